The van der Waals surface area contributed by atoms with E-state index in [2.05, 4.69) is 10.4 Å². The number of nitrogens with one attached hydrogen (secondary N) is 1. The Bertz CT molecular complexity index is 612. The standard InChI is InChI=1S/C13H17ClN6O/c1-19(2)12(21)10-7-11(20(16)13(17-10)18-15)8-5-3-4-6-9(8)14/h3-7,11H,15-16H2,1-2H3,(H,17,18). The van der Waals surface area contributed by atoms with Crippen molar-refractivity contribution in [2.45, 2.75) is 6.04 Å². The third-order valence-electron chi connectivity index (χ3n) is 3.06. The fourth-order valence-corrected chi connectivity index (χ4v) is 2.23. The zero-order chi connectivity index (χ0) is 15.6. The fourth-order valence-electron chi connectivity index (χ4n) is 1.98. The Morgan fingerprint density at radius 2 is 2.10 bits per heavy atom. The normalized spacial score (nSPS) is 18.0. The monoisotopic (exact) mass is 308 g/mol. The number of amides is 1. The summed E-state index contributed by atoms with van der Waals surface area (Å²) >= 11 is 6.21. The lowest BCUT2D eigenvalue weighted by Gasteiger charge is -2.32. The molecule has 0 saturated carbocycles. The third-order valence-corrected chi connectivity index (χ3v) is 3.41. The van der Waals surface area contributed by atoms with Crippen molar-refractivity contribution in [2.75, 3.05) is 14.1 Å². The van der Waals surface area contributed by atoms with Crippen molar-refractivity contribution in [1.82, 2.24) is 15.3 Å². The minimum atomic E-state index is -0.443. The van der Waals surface area contributed by atoms with Crippen LogP contribution in [0.2, 0.25) is 5.02 Å². The number of hydrazine groups is 2. The van der Waals surface area contributed by atoms with Crippen LogP contribution in [0.15, 0.2) is 41.0 Å². The van der Waals surface area contributed by atoms with Crippen LogP contribution in [0.3, 0.4) is 0 Å². The number of hydrogen-bond acceptors (Lipinski definition) is 6. The van der Waals surface area contributed by atoms with E-state index in [0.29, 0.717) is 5.02 Å². The van der Waals surface area contributed by atoms with E-state index >= 15 is 0 Å². The molecule has 0 aliphatic carbocycles. The lowest BCUT2D eigenvalue weighted by Crippen LogP contribution is -2.51. The molecule has 1 aliphatic heterocycles. The van der Waals surface area contributed by atoms with E-state index in [-0.39, 0.29) is 17.6 Å². The molecule has 0 spiro atoms. The van der Waals surface area contributed by atoms with Crippen LogP contribution in [0.4, 0.5) is 0 Å². The topological polar surface area (TPSA) is 100.0 Å². The minimum absolute atomic E-state index is 0.188. The molecule has 1 aromatic carbocycles. The molecule has 8 heteroatoms. The quantitative estimate of drug-likeness (QED) is 0.541. The van der Waals surface area contributed by atoms with Crippen LogP contribution in [0.25, 0.3) is 0 Å². The van der Waals surface area contributed by atoms with Crippen molar-refractivity contribution in [3.8, 4) is 0 Å². The van der Waals surface area contributed by atoms with Gasteiger partial charge in [0.15, 0.2) is 0 Å². The van der Waals surface area contributed by atoms with Crippen LogP contribution in [-0.2, 0) is 4.79 Å². The van der Waals surface area contributed by atoms with Crippen LogP contribution in [0.1, 0.15) is 11.6 Å². The van der Waals surface area contributed by atoms with Gasteiger partial charge in [-0.15, -0.1) is 0 Å². The highest BCUT2D eigenvalue weighted by Crippen LogP contribution is 2.30. The highest BCUT2D eigenvalue weighted by molar-refractivity contribution is 6.31. The Kier molecular flexibility index (Phi) is 4.46. The Morgan fingerprint density at radius 3 is 2.67 bits per heavy atom. The highest BCUT2D eigenvalue weighted by Gasteiger charge is 2.28. The first kappa shape index (κ1) is 15.3. The zero-order valence-corrected chi connectivity index (χ0v) is 12.5. The molecule has 1 aliphatic rings. The van der Waals surface area contributed by atoms with Gasteiger partial charge in [-0.25, -0.2) is 16.7 Å². The van der Waals surface area contributed by atoms with Gasteiger partial charge in [0.05, 0.1) is 6.04 Å². The smallest absolute Gasteiger partial charge is 0.271 e. The molecule has 112 valence electrons. The van der Waals surface area contributed by atoms with Gasteiger partial charge in [-0.3, -0.25) is 15.2 Å². The molecule has 21 heavy (non-hydrogen) atoms. The molecule has 5 N–H and O–H groups in total. The molecule has 2 rings (SSSR count). The molecule has 1 unspecified atom stereocenters. The predicted molar refractivity (Wildman–Crippen MR) is 81.8 cm³/mol. The Morgan fingerprint density at radius 1 is 1.43 bits per heavy atom. The van der Waals surface area contributed by atoms with Gasteiger partial charge < -0.3 is 4.90 Å². The van der Waals surface area contributed by atoms with Crippen molar-refractivity contribution in [2.24, 2.45) is 16.7 Å². The molecule has 0 fully saturated rings. The second-order valence-electron chi connectivity index (χ2n) is 4.70. The van der Waals surface area contributed by atoms with E-state index in [4.69, 9.17) is 23.3 Å². The van der Waals surface area contributed by atoms with E-state index in [0.717, 1.165) is 5.56 Å². The number of hydrogen-bond donors (Lipinski definition) is 3. The van der Waals surface area contributed by atoms with Gasteiger partial charge in [0.1, 0.15) is 5.70 Å². The minimum Gasteiger partial charge on any atom is -0.343 e. The van der Waals surface area contributed by atoms with Crippen LogP contribution in [0.5, 0.6) is 0 Å². The number of benzene rings is 1. The van der Waals surface area contributed by atoms with Crippen molar-refractivity contribution in [1.29, 1.82) is 0 Å². The zero-order valence-electron chi connectivity index (χ0n) is 11.7. The van der Waals surface area contributed by atoms with Gasteiger partial charge >= 0.3 is 0 Å². The summed E-state index contributed by atoms with van der Waals surface area (Å²) < 4.78 is 0. The number of carbonyl (C=O) groups is 1. The number of rotatable bonds is 2. The van der Waals surface area contributed by atoms with E-state index in [1.807, 2.05) is 18.2 Å². The van der Waals surface area contributed by atoms with Crippen molar-refractivity contribution in [3.05, 3.63) is 46.6 Å². The molecule has 0 bridgehead atoms. The van der Waals surface area contributed by atoms with Crippen molar-refractivity contribution >= 4 is 23.5 Å². The molecule has 0 saturated heterocycles. The van der Waals surface area contributed by atoms with Gasteiger partial charge in [-0.2, -0.15) is 0 Å². The van der Waals surface area contributed by atoms with Gasteiger partial charge in [0.2, 0.25) is 5.96 Å². The van der Waals surface area contributed by atoms with E-state index in [1.165, 1.54) is 9.91 Å². The SMILES string of the molecule is CN(C)C(=O)C1=CC(c2ccccc2Cl)N(N)C(NN)=N1. The molecular weight excluding hydrogens is 292 g/mol. The second-order valence-corrected chi connectivity index (χ2v) is 5.11. The first-order valence-corrected chi connectivity index (χ1v) is 6.60. The molecule has 1 aromatic rings. The average molecular weight is 309 g/mol. The summed E-state index contributed by atoms with van der Waals surface area (Å²) in [6.45, 7) is 0. The number of nitrogens with two attached hydrogens (primary N) is 2. The highest BCUT2D eigenvalue weighted by atomic mass is 35.5. The summed E-state index contributed by atoms with van der Waals surface area (Å²) in [4.78, 5) is 17.7. The summed E-state index contributed by atoms with van der Waals surface area (Å²) in [5, 5.41) is 1.87. The maximum Gasteiger partial charge on any atom is 0.271 e. The van der Waals surface area contributed by atoms with E-state index in [1.54, 1.807) is 26.2 Å². The molecule has 0 radical (unpaired) electrons. The summed E-state index contributed by atoms with van der Waals surface area (Å²) in [7, 11) is 3.29. The Balaban J connectivity index is 2.48. The van der Waals surface area contributed by atoms with Gasteiger partial charge in [0.25, 0.3) is 5.91 Å². The van der Waals surface area contributed by atoms with E-state index in [9.17, 15) is 4.79 Å². The molecular formula is C13H17ClN6O. The van der Waals surface area contributed by atoms with Crippen LogP contribution < -0.4 is 17.1 Å². The molecule has 0 aromatic heterocycles. The van der Waals surface area contributed by atoms with Gasteiger partial charge in [-0.1, -0.05) is 29.8 Å². The number of likely N-dealkylation sites (N-methyl/N-ethyl adjacent to an activating group) is 1. The molecule has 7 nitrogen and oxygen atoms in total. The largest absolute Gasteiger partial charge is 0.343 e. The Hall–Kier alpha value is -2.09. The summed E-state index contributed by atoms with van der Waals surface area (Å²) in [6.07, 6.45) is 1.66. The third kappa shape index (κ3) is 2.99. The van der Waals surface area contributed by atoms with Crippen LogP contribution >= 0.6 is 11.6 Å². The lowest BCUT2D eigenvalue weighted by molar-refractivity contribution is -0.124. The number of guanidine groups is 1. The van der Waals surface area contributed by atoms with E-state index < -0.39 is 6.04 Å². The molecule has 1 amide bonds. The van der Waals surface area contributed by atoms with Crippen LogP contribution in [-0.4, -0.2) is 35.9 Å². The Labute approximate surface area is 127 Å². The van der Waals surface area contributed by atoms with Crippen LogP contribution in [0, 0.1) is 0 Å². The maximum atomic E-state index is 12.1. The number of nitrogens with zero attached hydrogens (tertiary/aromatic N) is 3. The summed E-state index contributed by atoms with van der Waals surface area (Å²) in [5.74, 6) is 11.4. The molecule has 1 atom stereocenters. The van der Waals surface area contributed by atoms with Gasteiger partial charge in [0, 0.05) is 19.1 Å². The summed E-state index contributed by atoms with van der Waals surface area (Å²) in [5.41, 5.74) is 3.40. The predicted octanol–water partition coefficient (Wildman–Crippen LogP) is 0.362. The average Bonchev–Trinajstić information content (AvgIpc) is 2.47. The fraction of sp³-hybridized carbons (Fsp3) is 0.231. The number of carbonyl (C=O) groups excluding carboxylic acids is 1. The number of aliphatic imine (C=N–C) groups is 1. The first-order chi connectivity index (χ1) is 9.95. The van der Waals surface area contributed by atoms with Crippen molar-refractivity contribution in [3.63, 3.8) is 0 Å². The van der Waals surface area contributed by atoms with Crippen molar-refractivity contribution < 1.29 is 4.79 Å². The maximum absolute atomic E-state index is 12.1. The summed E-state index contributed by atoms with van der Waals surface area (Å²) in [6, 6.07) is 6.81. The van der Waals surface area contributed by atoms with Gasteiger partial charge in [-0.05, 0) is 17.7 Å². The molecule has 1 heterocycles. The second kappa shape index (κ2) is 6.13. The first-order valence-electron chi connectivity index (χ1n) is 6.23. The lowest BCUT2D eigenvalue weighted by atomic mass is 10.0. The number of halogens is 1.